The number of benzene rings is 1. The van der Waals surface area contributed by atoms with Crippen LogP contribution in [0.5, 0.6) is 0 Å². The molecular formula is C18H18ClN3O2. The van der Waals surface area contributed by atoms with E-state index in [1.54, 1.807) is 24.3 Å². The summed E-state index contributed by atoms with van der Waals surface area (Å²) in [5.41, 5.74) is 1.71. The van der Waals surface area contributed by atoms with E-state index in [1.807, 2.05) is 27.7 Å². The lowest BCUT2D eigenvalue weighted by molar-refractivity contribution is 0.139. The first-order valence-electron chi connectivity index (χ1n) is 8.12. The Morgan fingerprint density at radius 3 is 2.75 bits per heavy atom. The number of anilines is 1. The number of hydrogen-bond acceptors (Lipinski definition) is 2. The summed E-state index contributed by atoms with van der Waals surface area (Å²) in [6.45, 7) is 1.96. The molecule has 0 saturated carbocycles. The van der Waals surface area contributed by atoms with Gasteiger partial charge in [0.05, 0.1) is 10.7 Å². The van der Waals surface area contributed by atoms with Crippen LogP contribution >= 0.6 is 11.6 Å². The van der Waals surface area contributed by atoms with Gasteiger partial charge >= 0.3 is 6.03 Å². The summed E-state index contributed by atoms with van der Waals surface area (Å²) in [4.78, 5) is 26.5. The molecule has 5 nitrogen and oxygen atoms in total. The molecule has 1 fully saturated rings. The van der Waals surface area contributed by atoms with Crippen LogP contribution in [0.15, 0.2) is 47.3 Å². The molecule has 0 radical (unpaired) electrons. The predicted molar refractivity (Wildman–Crippen MR) is 93.6 cm³/mol. The van der Waals surface area contributed by atoms with Gasteiger partial charge in [-0.05, 0) is 30.5 Å². The summed E-state index contributed by atoms with van der Waals surface area (Å²) in [5.74, 6) is 0.525. The number of fused-ring (bicyclic) bond motifs is 4. The number of halogens is 1. The van der Waals surface area contributed by atoms with E-state index in [-0.39, 0.29) is 17.5 Å². The van der Waals surface area contributed by atoms with E-state index in [0.29, 0.717) is 36.3 Å². The van der Waals surface area contributed by atoms with Crippen molar-refractivity contribution in [2.24, 2.45) is 5.92 Å². The lowest BCUT2D eigenvalue weighted by Gasteiger charge is -2.42. The number of carbonyl (C=O) groups is 1. The number of hydrogen-bond donors (Lipinski definition) is 1. The van der Waals surface area contributed by atoms with Crippen LogP contribution in [0.4, 0.5) is 10.5 Å². The summed E-state index contributed by atoms with van der Waals surface area (Å²) < 4.78 is 1.86. The number of aromatic nitrogens is 1. The van der Waals surface area contributed by atoms with Crippen LogP contribution in [0.2, 0.25) is 5.02 Å². The van der Waals surface area contributed by atoms with E-state index in [0.717, 1.165) is 12.1 Å². The number of urea groups is 1. The Morgan fingerprint density at radius 1 is 1.08 bits per heavy atom. The Kier molecular flexibility index (Phi) is 3.81. The molecule has 2 aliphatic rings. The first-order valence-corrected chi connectivity index (χ1v) is 8.50. The van der Waals surface area contributed by atoms with Gasteiger partial charge in [-0.25, -0.2) is 4.79 Å². The van der Waals surface area contributed by atoms with E-state index in [1.165, 1.54) is 0 Å². The topological polar surface area (TPSA) is 54.3 Å². The van der Waals surface area contributed by atoms with E-state index < -0.39 is 0 Å². The lowest BCUT2D eigenvalue weighted by Crippen LogP contribution is -2.50. The van der Waals surface area contributed by atoms with E-state index in [2.05, 4.69) is 5.32 Å². The number of pyridine rings is 1. The SMILES string of the molecule is O=C(Nc1ccccc1Cl)N1CC2C[C@H](C1)c1cccc(=O)n1C2. The fourth-order valence-corrected chi connectivity index (χ4v) is 4.00. The average Bonchev–Trinajstić information content (AvgIpc) is 2.58. The minimum absolute atomic E-state index is 0.0520. The maximum Gasteiger partial charge on any atom is 0.321 e. The van der Waals surface area contributed by atoms with Gasteiger partial charge in [-0.15, -0.1) is 0 Å². The van der Waals surface area contributed by atoms with Gasteiger partial charge < -0.3 is 14.8 Å². The Labute approximate surface area is 144 Å². The molecule has 4 rings (SSSR count). The Hall–Kier alpha value is -2.27. The maximum absolute atomic E-state index is 12.6. The molecular weight excluding hydrogens is 326 g/mol. The third-order valence-corrected chi connectivity index (χ3v) is 5.21. The van der Waals surface area contributed by atoms with Gasteiger partial charge in [0.15, 0.2) is 0 Å². The molecule has 1 aromatic carbocycles. The summed E-state index contributed by atoms with van der Waals surface area (Å²) >= 11 is 6.12. The summed E-state index contributed by atoms with van der Waals surface area (Å²) in [6.07, 6.45) is 1.03. The zero-order valence-corrected chi connectivity index (χ0v) is 13.9. The van der Waals surface area contributed by atoms with Gasteiger partial charge in [-0.1, -0.05) is 29.8 Å². The van der Waals surface area contributed by atoms with Crippen molar-refractivity contribution in [1.82, 2.24) is 9.47 Å². The molecule has 1 N–H and O–H groups in total. The molecule has 2 atom stereocenters. The van der Waals surface area contributed by atoms with Crippen molar-refractivity contribution >= 4 is 23.3 Å². The van der Waals surface area contributed by atoms with Gasteiger partial charge in [0.1, 0.15) is 0 Å². The molecule has 124 valence electrons. The molecule has 2 amide bonds. The number of amides is 2. The third-order valence-electron chi connectivity index (χ3n) is 4.88. The summed E-state index contributed by atoms with van der Waals surface area (Å²) in [6, 6.07) is 12.5. The standard InChI is InChI=1S/C18H18ClN3O2/c19-14-4-1-2-5-15(14)20-18(24)21-9-12-8-13(11-21)16-6-3-7-17(23)22(16)10-12/h1-7,12-13H,8-11H2,(H,20,24)/t12?,13-/m1/s1. The summed E-state index contributed by atoms with van der Waals surface area (Å²) in [5, 5.41) is 3.42. The highest BCUT2D eigenvalue weighted by Crippen LogP contribution is 2.35. The molecule has 0 spiro atoms. The van der Waals surface area contributed by atoms with Gasteiger partial charge in [-0.3, -0.25) is 4.79 Å². The molecule has 0 aliphatic carbocycles. The van der Waals surface area contributed by atoms with Crippen LogP contribution in [-0.4, -0.2) is 28.6 Å². The van der Waals surface area contributed by atoms with Crippen LogP contribution in [-0.2, 0) is 6.54 Å². The monoisotopic (exact) mass is 343 g/mol. The van der Waals surface area contributed by atoms with Gasteiger partial charge in [-0.2, -0.15) is 0 Å². The predicted octanol–water partition coefficient (Wildman–Crippen LogP) is 3.15. The first-order chi connectivity index (χ1) is 11.6. The fourth-order valence-electron chi connectivity index (χ4n) is 3.82. The molecule has 24 heavy (non-hydrogen) atoms. The van der Waals surface area contributed by atoms with Crippen molar-refractivity contribution in [3.05, 3.63) is 63.5 Å². The van der Waals surface area contributed by atoms with Gasteiger partial charge in [0.25, 0.3) is 5.56 Å². The number of likely N-dealkylation sites (tertiary alicyclic amines) is 1. The molecule has 1 unspecified atom stereocenters. The molecule has 1 aromatic heterocycles. The second kappa shape index (κ2) is 5.98. The molecule has 6 heteroatoms. The molecule has 2 aliphatic heterocycles. The smallest absolute Gasteiger partial charge is 0.321 e. The van der Waals surface area contributed by atoms with E-state index >= 15 is 0 Å². The van der Waals surface area contributed by atoms with Crippen LogP contribution in [0.1, 0.15) is 18.0 Å². The number of nitrogens with one attached hydrogen (secondary N) is 1. The van der Waals surface area contributed by atoms with E-state index in [4.69, 9.17) is 11.6 Å². The summed E-state index contributed by atoms with van der Waals surface area (Å²) in [7, 11) is 0. The van der Waals surface area contributed by atoms with Crippen molar-refractivity contribution in [3.63, 3.8) is 0 Å². The zero-order chi connectivity index (χ0) is 16.7. The minimum Gasteiger partial charge on any atom is -0.324 e. The van der Waals surface area contributed by atoms with Crippen molar-refractivity contribution < 1.29 is 4.79 Å². The Balaban J connectivity index is 1.55. The Bertz CT molecular complexity index is 848. The number of para-hydroxylation sites is 1. The van der Waals surface area contributed by atoms with Crippen LogP contribution in [0.3, 0.4) is 0 Å². The van der Waals surface area contributed by atoms with E-state index in [9.17, 15) is 9.59 Å². The zero-order valence-electron chi connectivity index (χ0n) is 13.1. The molecule has 2 bridgehead atoms. The second-order valence-electron chi connectivity index (χ2n) is 6.51. The van der Waals surface area contributed by atoms with Crippen LogP contribution in [0, 0.1) is 5.92 Å². The highest BCUT2D eigenvalue weighted by atomic mass is 35.5. The van der Waals surface area contributed by atoms with Crippen molar-refractivity contribution in [2.75, 3.05) is 18.4 Å². The maximum atomic E-state index is 12.6. The molecule has 1 saturated heterocycles. The quantitative estimate of drug-likeness (QED) is 0.864. The number of nitrogens with zero attached hydrogens (tertiary/aromatic N) is 2. The number of carbonyl (C=O) groups excluding carboxylic acids is 1. The van der Waals surface area contributed by atoms with Crippen molar-refractivity contribution in [2.45, 2.75) is 18.9 Å². The third kappa shape index (κ3) is 2.69. The van der Waals surface area contributed by atoms with Gasteiger partial charge in [0, 0.05) is 37.3 Å². The molecule has 2 aromatic rings. The fraction of sp³-hybridized carbons (Fsp3) is 0.333. The highest BCUT2D eigenvalue weighted by molar-refractivity contribution is 6.33. The van der Waals surface area contributed by atoms with Gasteiger partial charge in [0.2, 0.25) is 0 Å². The molecule has 3 heterocycles. The van der Waals surface area contributed by atoms with Crippen molar-refractivity contribution in [3.8, 4) is 0 Å². The second-order valence-corrected chi connectivity index (χ2v) is 6.92. The first kappa shape index (κ1) is 15.3. The largest absolute Gasteiger partial charge is 0.324 e. The van der Waals surface area contributed by atoms with Crippen molar-refractivity contribution in [1.29, 1.82) is 0 Å². The average molecular weight is 344 g/mol. The normalized spacial score (nSPS) is 22.0. The lowest BCUT2D eigenvalue weighted by atomic mass is 9.83. The highest BCUT2D eigenvalue weighted by Gasteiger charge is 2.36. The minimum atomic E-state index is -0.135. The van der Waals surface area contributed by atoms with Crippen LogP contribution in [0.25, 0.3) is 0 Å². The number of piperidine rings is 1. The Morgan fingerprint density at radius 2 is 1.92 bits per heavy atom. The number of rotatable bonds is 1. The van der Waals surface area contributed by atoms with Crippen LogP contribution < -0.4 is 10.9 Å².